The average molecular weight is 328 g/mol. The molecule has 1 rings (SSSR count). The highest BCUT2D eigenvalue weighted by atomic mass is 35.5. The SMILES string of the molecule is CCCCCOOC(=O)c1cc(Cl)c(Cl)c(Cl)c1O. The van der Waals surface area contributed by atoms with Crippen molar-refractivity contribution in [1.29, 1.82) is 0 Å². The number of phenolic OH excluding ortho intramolecular Hbond substituents is 1. The number of phenols is 1. The summed E-state index contributed by atoms with van der Waals surface area (Å²) in [5.41, 5.74) is -0.199. The van der Waals surface area contributed by atoms with E-state index in [1.165, 1.54) is 6.07 Å². The van der Waals surface area contributed by atoms with Crippen LogP contribution < -0.4 is 0 Å². The maximum absolute atomic E-state index is 11.6. The Balaban J connectivity index is 2.67. The third kappa shape index (κ3) is 4.42. The number of hydrogen-bond donors (Lipinski definition) is 1. The summed E-state index contributed by atoms with van der Waals surface area (Å²) >= 11 is 17.2. The predicted molar refractivity (Wildman–Crippen MR) is 74.0 cm³/mol. The third-order valence-corrected chi connectivity index (χ3v) is 3.57. The molecular weight excluding hydrogens is 314 g/mol. The molecule has 1 aromatic rings. The summed E-state index contributed by atoms with van der Waals surface area (Å²) in [7, 11) is 0. The van der Waals surface area contributed by atoms with E-state index >= 15 is 0 Å². The molecule has 19 heavy (non-hydrogen) atoms. The number of aromatic hydroxyl groups is 1. The van der Waals surface area contributed by atoms with Crippen molar-refractivity contribution in [2.75, 3.05) is 6.61 Å². The highest BCUT2D eigenvalue weighted by Gasteiger charge is 2.21. The van der Waals surface area contributed by atoms with E-state index in [4.69, 9.17) is 39.7 Å². The fourth-order valence-electron chi connectivity index (χ4n) is 1.29. The van der Waals surface area contributed by atoms with E-state index in [1.54, 1.807) is 0 Å². The second kappa shape index (κ2) is 7.80. The summed E-state index contributed by atoms with van der Waals surface area (Å²) in [6, 6.07) is 1.17. The van der Waals surface area contributed by atoms with Crippen molar-refractivity contribution in [3.05, 3.63) is 26.7 Å². The van der Waals surface area contributed by atoms with Gasteiger partial charge in [0.15, 0.2) is 0 Å². The summed E-state index contributed by atoms with van der Waals surface area (Å²) in [6.07, 6.45) is 2.78. The highest BCUT2D eigenvalue weighted by molar-refractivity contribution is 6.49. The van der Waals surface area contributed by atoms with Crippen LogP contribution in [0.15, 0.2) is 6.07 Å². The normalized spacial score (nSPS) is 10.5. The number of carbonyl (C=O) groups is 1. The van der Waals surface area contributed by atoms with Gasteiger partial charge in [0.2, 0.25) is 0 Å². The molecule has 0 bridgehead atoms. The summed E-state index contributed by atoms with van der Waals surface area (Å²) < 4.78 is 0. The van der Waals surface area contributed by atoms with Crippen molar-refractivity contribution in [2.24, 2.45) is 0 Å². The quantitative estimate of drug-likeness (QED) is 0.358. The lowest BCUT2D eigenvalue weighted by molar-refractivity contribution is -0.241. The zero-order valence-electron chi connectivity index (χ0n) is 10.2. The van der Waals surface area contributed by atoms with Crippen molar-refractivity contribution < 1.29 is 19.7 Å². The molecule has 0 fully saturated rings. The molecule has 7 heteroatoms. The zero-order chi connectivity index (χ0) is 14.4. The van der Waals surface area contributed by atoms with Crippen molar-refractivity contribution in [1.82, 2.24) is 0 Å². The second-order valence-electron chi connectivity index (χ2n) is 3.78. The first-order valence-corrected chi connectivity index (χ1v) is 6.82. The molecule has 0 spiro atoms. The van der Waals surface area contributed by atoms with Crippen LogP contribution in [0, 0.1) is 0 Å². The Morgan fingerprint density at radius 3 is 2.58 bits per heavy atom. The van der Waals surface area contributed by atoms with E-state index in [-0.39, 0.29) is 27.2 Å². The highest BCUT2D eigenvalue weighted by Crippen LogP contribution is 2.39. The van der Waals surface area contributed by atoms with Crippen LogP contribution in [0.1, 0.15) is 36.5 Å². The number of carbonyl (C=O) groups excluding carboxylic acids is 1. The van der Waals surface area contributed by atoms with Gasteiger partial charge in [-0.25, -0.2) is 4.79 Å². The molecule has 4 nitrogen and oxygen atoms in total. The first-order valence-electron chi connectivity index (χ1n) is 5.69. The maximum Gasteiger partial charge on any atom is 0.376 e. The summed E-state index contributed by atoms with van der Waals surface area (Å²) in [6.45, 7) is 2.33. The second-order valence-corrected chi connectivity index (χ2v) is 4.95. The van der Waals surface area contributed by atoms with Crippen LogP contribution in [0.5, 0.6) is 5.75 Å². The molecule has 1 aromatic carbocycles. The lowest BCUT2D eigenvalue weighted by Gasteiger charge is -2.08. The Bertz CT molecular complexity index is 463. The Kier molecular flexibility index (Phi) is 6.72. The molecule has 0 radical (unpaired) electrons. The van der Waals surface area contributed by atoms with Gasteiger partial charge in [-0.1, -0.05) is 54.6 Å². The van der Waals surface area contributed by atoms with Gasteiger partial charge in [-0.2, -0.15) is 4.89 Å². The lowest BCUT2D eigenvalue weighted by Crippen LogP contribution is -2.07. The van der Waals surface area contributed by atoms with Gasteiger partial charge in [0.25, 0.3) is 0 Å². The smallest absolute Gasteiger partial charge is 0.376 e. The molecule has 0 unspecified atom stereocenters. The van der Waals surface area contributed by atoms with Crippen LogP contribution in [0.4, 0.5) is 0 Å². The lowest BCUT2D eigenvalue weighted by atomic mass is 10.2. The molecule has 106 valence electrons. The molecule has 0 saturated heterocycles. The van der Waals surface area contributed by atoms with E-state index in [0.717, 1.165) is 19.3 Å². The number of unbranched alkanes of at least 4 members (excludes halogenated alkanes) is 2. The van der Waals surface area contributed by atoms with Crippen LogP contribution >= 0.6 is 34.8 Å². The number of hydrogen-bond acceptors (Lipinski definition) is 4. The molecule has 0 saturated carbocycles. The maximum atomic E-state index is 11.6. The molecule has 0 aliphatic rings. The van der Waals surface area contributed by atoms with Crippen LogP contribution in [0.3, 0.4) is 0 Å². The van der Waals surface area contributed by atoms with Crippen LogP contribution in [0.25, 0.3) is 0 Å². The Hall–Kier alpha value is -0.680. The fraction of sp³-hybridized carbons (Fsp3) is 0.417. The summed E-state index contributed by atoms with van der Waals surface area (Å²) in [5, 5.41) is 9.50. The molecule has 1 N–H and O–H groups in total. The molecule has 0 aliphatic heterocycles. The van der Waals surface area contributed by atoms with Gasteiger partial charge in [0, 0.05) is 0 Å². The average Bonchev–Trinajstić information content (AvgIpc) is 2.40. The van der Waals surface area contributed by atoms with Gasteiger partial charge in [-0.05, 0) is 12.5 Å². The van der Waals surface area contributed by atoms with Gasteiger partial charge in [-0.3, -0.25) is 4.89 Å². The van der Waals surface area contributed by atoms with E-state index in [1.807, 2.05) is 6.92 Å². The minimum atomic E-state index is -0.880. The van der Waals surface area contributed by atoms with E-state index < -0.39 is 11.7 Å². The van der Waals surface area contributed by atoms with Crippen molar-refractivity contribution in [2.45, 2.75) is 26.2 Å². The first-order chi connectivity index (χ1) is 8.99. The van der Waals surface area contributed by atoms with Gasteiger partial charge >= 0.3 is 5.97 Å². The minimum absolute atomic E-state index is 0.0266. The fourth-order valence-corrected chi connectivity index (χ4v) is 1.89. The van der Waals surface area contributed by atoms with Gasteiger partial charge in [0.1, 0.15) is 16.3 Å². The summed E-state index contributed by atoms with van der Waals surface area (Å²) in [5.74, 6) is -1.37. The van der Waals surface area contributed by atoms with Gasteiger partial charge < -0.3 is 5.11 Å². The van der Waals surface area contributed by atoms with Gasteiger partial charge in [0.05, 0.1) is 16.7 Å². The van der Waals surface area contributed by atoms with E-state index in [0.29, 0.717) is 0 Å². The third-order valence-electron chi connectivity index (χ3n) is 2.32. The zero-order valence-corrected chi connectivity index (χ0v) is 12.5. The van der Waals surface area contributed by atoms with Crippen molar-refractivity contribution in [3.63, 3.8) is 0 Å². The van der Waals surface area contributed by atoms with Gasteiger partial charge in [-0.15, -0.1) is 0 Å². The first kappa shape index (κ1) is 16.4. The molecule has 0 atom stereocenters. The monoisotopic (exact) mass is 326 g/mol. The molecule has 0 aromatic heterocycles. The van der Waals surface area contributed by atoms with Crippen LogP contribution in [-0.4, -0.2) is 17.7 Å². The molecule has 0 heterocycles. The topological polar surface area (TPSA) is 55.8 Å². The molecular formula is C12H13Cl3O4. The number of rotatable bonds is 6. The largest absolute Gasteiger partial charge is 0.505 e. The Labute approximate surface area is 126 Å². The summed E-state index contributed by atoms with van der Waals surface area (Å²) in [4.78, 5) is 20.9. The molecule has 0 amide bonds. The number of benzene rings is 1. The van der Waals surface area contributed by atoms with E-state index in [9.17, 15) is 9.90 Å². The Morgan fingerprint density at radius 2 is 1.95 bits per heavy atom. The Morgan fingerprint density at radius 1 is 1.26 bits per heavy atom. The van der Waals surface area contributed by atoms with E-state index in [2.05, 4.69) is 4.89 Å². The van der Waals surface area contributed by atoms with Crippen LogP contribution in [-0.2, 0) is 9.78 Å². The predicted octanol–water partition coefficient (Wildman–Crippen LogP) is 4.63. The molecule has 0 aliphatic carbocycles. The standard InChI is InChI=1S/C12H13Cl3O4/c1-2-3-4-5-18-19-12(17)7-6-8(13)9(14)10(15)11(7)16/h6,16H,2-5H2,1H3. The van der Waals surface area contributed by atoms with Crippen LogP contribution in [0.2, 0.25) is 15.1 Å². The van der Waals surface area contributed by atoms with Crippen molar-refractivity contribution in [3.8, 4) is 5.75 Å². The number of halogens is 3. The van der Waals surface area contributed by atoms with Crippen molar-refractivity contribution >= 4 is 40.8 Å². The minimum Gasteiger partial charge on any atom is -0.505 e.